The smallest absolute Gasteiger partial charge is 0.161 e. The molecule has 4 heteroatoms. The van der Waals surface area contributed by atoms with Crippen molar-refractivity contribution >= 4 is 22.9 Å². The maximum absolute atomic E-state index is 5.81. The van der Waals surface area contributed by atoms with Crippen molar-refractivity contribution in [3.8, 4) is 11.5 Å². The summed E-state index contributed by atoms with van der Waals surface area (Å²) in [6.45, 7) is 2.73. The highest BCUT2D eigenvalue weighted by molar-refractivity contribution is 7.11. The number of thiophene rings is 1. The number of methoxy groups -OCH3 is 1. The van der Waals surface area contributed by atoms with E-state index >= 15 is 0 Å². The van der Waals surface area contributed by atoms with Crippen molar-refractivity contribution in [2.24, 2.45) is 0 Å². The van der Waals surface area contributed by atoms with E-state index in [2.05, 4.69) is 19.1 Å². The topological polar surface area (TPSA) is 18.5 Å². The Morgan fingerprint density at radius 2 is 1.89 bits per heavy atom. The van der Waals surface area contributed by atoms with Crippen LogP contribution in [0.25, 0.3) is 0 Å². The molecule has 2 nitrogen and oxygen atoms in total. The van der Waals surface area contributed by atoms with Gasteiger partial charge in [-0.25, -0.2) is 0 Å². The van der Waals surface area contributed by atoms with E-state index in [1.807, 2.05) is 18.2 Å². The van der Waals surface area contributed by atoms with E-state index in [4.69, 9.17) is 21.1 Å². The van der Waals surface area contributed by atoms with Gasteiger partial charge in [-0.3, -0.25) is 0 Å². The van der Waals surface area contributed by atoms with Gasteiger partial charge in [0.25, 0.3) is 0 Å². The Morgan fingerprint density at radius 3 is 2.53 bits per heavy atom. The zero-order chi connectivity index (χ0) is 13.7. The third-order valence-electron chi connectivity index (χ3n) is 2.82. The molecule has 0 bridgehead atoms. The molecule has 2 aromatic rings. The summed E-state index contributed by atoms with van der Waals surface area (Å²) in [7, 11) is 1.64. The number of hydrogen-bond acceptors (Lipinski definition) is 3. The molecule has 0 aliphatic carbocycles. The van der Waals surface area contributed by atoms with Gasteiger partial charge in [-0.15, -0.1) is 22.9 Å². The van der Waals surface area contributed by atoms with Crippen molar-refractivity contribution in [3.63, 3.8) is 0 Å². The minimum atomic E-state index is 0.474. The van der Waals surface area contributed by atoms with Gasteiger partial charge >= 0.3 is 0 Å². The summed E-state index contributed by atoms with van der Waals surface area (Å²) in [5, 5.41) is 0. The molecular formula is C15H17ClO2S. The lowest BCUT2D eigenvalue weighted by Crippen LogP contribution is -1.96. The summed E-state index contributed by atoms with van der Waals surface area (Å²) in [5.41, 5.74) is 1.02. The molecule has 102 valence electrons. The molecule has 0 atom stereocenters. The molecule has 19 heavy (non-hydrogen) atoms. The van der Waals surface area contributed by atoms with Crippen LogP contribution in [-0.2, 0) is 18.9 Å². The van der Waals surface area contributed by atoms with Gasteiger partial charge in [0.1, 0.15) is 6.61 Å². The summed E-state index contributed by atoms with van der Waals surface area (Å²) < 4.78 is 11.1. The van der Waals surface area contributed by atoms with Gasteiger partial charge < -0.3 is 9.47 Å². The van der Waals surface area contributed by atoms with Gasteiger partial charge in [0.15, 0.2) is 11.5 Å². The molecule has 1 aromatic carbocycles. The van der Waals surface area contributed by atoms with E-state index in [9.17, 15) is 0 Å². The Labute approximate surface area is 122 Å². The van der Waals surface area contributed by atoms with Gasteiger partial charge in [0.05, 0.1) is 7.11 Å². The number of halogens is 1. The minimum absolute atomic E-state index is 0.474. The molecule has 0 aliphatic rings. The van der Waals surface area contributed by atoms with Crippen LogP contribution in [0.1, 0.15) is 22.2 Å². The minimum Gasteiger partial charge on any atom is -0.493 e. The van der Waals surface area contributed by atoms with Crippen LogP contribution in [0.3, 0.4) is 0 Å². The maximum atomic E-state index is 5.81. The second kappa shape index (κ2) is 6.83. The Morgan fingerprint density at radius 1 is 1.11 bits per heavy atom. The number of rotatable bonds is 6. The third kappa shape index (κ3) is 3.64. The average molecular weight is 297 g/mol. The SMILES string of the molecule is CCc1ccc(COc2ccc(CCl)cc2OC)s1. The second-order valence-corrected chi connectivity index (χ2v) is 5.65. The zero-order valence-corrected chi connectivity index (χ0v) is 12.7. The fourth-order valence-corrected chi connectivity index (χ4v) is 2.79. The van der Waals surface area contributed by atoms with Gasteiger partial charge in [0.2, 0.25) is 0 Å². The standard InChI is InChI=1S/C15H17ClO2S/c1-3-12-5-6-13(19-12)10-18-14-7-4-11(9-16)8-15(14)17-2/h4-8H,3,9-10H2,1-2H3. The van der Waals surface area contributed by atoms with Crippen molar-refractivity contribution in [3.05, 3.63) is 45.6 Å². The van der Waals surface area contributed by atoms with Crippen molar-refractivity contribution in [1.82, 2.24) is 0 Å². The van der Waals surface area contributed by atoms with Crippen LogP contribution in [0.5, 0.6) is 11.5 Å². The molecule has 0 fully saturated rings. The molecule has 0 amide bonds. The van der Waals surface area contributed by atoms with Crippen LogP contribution in [0.4, 0.5) is 0 Å². The molecule has 0 spiro atoms. The lowest BCUT2D eigenvalue weighted by atomic mass is 10.2. The first-order chi connectivity index (χ1) is 9.26. The third-order valence-corrected chi connectivity index (χ3v) is 4.33. The quantitative estimate of drug-likeness (QED) is 0.723. The first-order valence-corrected chi connectivity index (χ1v) is 7.55. The summed E-state index contributed by atoms with van der Waals surface area (Å²) >= 11 is 7.59. The summed E-state index contributed by atoms with van der Waals surface area (Å²) in [6.07, 6.45) is 1.07. The molecule has 1 aromatic heterocycles. The largest absolute Gasteiger partial charge is 0.493 e. The van der Waals surface area contributed by atoms with Gasteiger partial charge in [-0.05, 0) is 36.2 Å². The molecule has 0 radical (unpaired) electrons. The number of hydrogen-bond donors (Lipinski definition) is 0. The van der Waals surface area contributed by atoms with E-state index < -0.39 is 0 Å². The van der Waals surface area contributed by atoms with Crippen LogP contribution in [0.15, 0.2) is 30.3 Å². The molecular weight excluding hydrogens is 280 g/mol. The van der Waals surface area contributed by atoms with Crippen LogP contribution in [-0.4, -0.2) is 7.11 Å². The van der Waals surface area contributed by atoms with Crippen molar-refractivity contribution < 1.29 is 9.47 Å². The first kappa shape index (κ1) is 14.2. The van der Waals surface area contributed by atoms with E-state index in [0.717, 1.165) is 23.5 Å². The molecule has 0 unspecified atom stereocenters. The summed E-state index contributed by atoms with van der Waals surface area (Å²) in [6, 6.07) is 10.0. The Kier molecular flexibility index (Phi) is 5.11. The fourth-order valence-electron chi connectivity index (χ4n) is 1.75. The monoisotopic (exact) mass is 296 g/mol. The van der Waals surface area contributed by atoms with E-state index in [1.54, 1.807) is 18.4 Å². The zero-order valence-electron chi connectivity index (χ0n) is 11.1. The van der Waals surface area contributed by atoms with Crippen LogP contribution >= 0.6 is 22.9 Å². The number of aryl methyl sites for hydroxylation is 1. The van der Waals surface area contributed by atoms with E-state index in [-0.39, 0.29) is 0 Å². The second-order valence-electron chi connectivity index (χ2n) is 4.13. The van der Waals surface area contributed by atoms with Crippen molar-refractivity contribution in [2.75, 3.05) is 7.11 Å². The molecule has 0 N–H and O–H groups in total. The van der Waals surface area contributed by atoms with Gasteiger partial charge in [0, 0.05) is 15.6 Å². The van der Waals surface area contributed by atoms with Crippen LogP contribution < -0.4 is 9.47 Å². The molecule has 0 saturated carbocycles. The summed E-state index contributed by atoms with van der Waals surface area (Å²) in [5.74, 6) is 1.95. The molecule has 1 heterocycles. The lowest BCUT2D eigenvalue weighted by Gasteiger charge is -2.10. The van der Waals surface area contributed by atoms with Gasteiger partial charge in [-0.1, -0.05) is 13.0 Å². The summed E-state index contributed by atoms with van der Waals surface area (Å²) in [4.78, 5) is 2.60. The Hall–Kier alpha value is -1.19. The molecule has 0 saturated heterocycles. The van der Waals surface area contributed by atoms with Crippen molar-refractivity contribution in [2.45, 2.75) is 25.8 Å². The number of alkyl halides is 1. The predicted octanol–water partition coefficient (Wildman–Crippen LogP) is 4.64. The van der Waals surface area contributed by atoms with E-state index in [0.29, 0.717) is 12.5 Å². The van der Waals surface area contributed by atoms with Crippen molar-refractivity contribution in [1.29, 1.82) is 0 Å². The van der Waals surface area contributed by atoms with Gasteiger partial charge in [-0.2, -0.15) is 0 Å². The normalized spacial score (nSPS) is 10.5. The highest BCUT2D eigenvalue weighted by Crippen LogP contribution is 2.30. The highest BCUT2D eigenvalue weighted by Gasteiger charge is 2.07. The van der Waals surface area contributed by atoms with E-state index in [1.165, 1.54) is 9.75 Å². The Bertz CT molecular complexity index is 537. The predicted molar refractivity (Wildman–Crippen MR) is 80.6 cm³/mol. The molecule has 2 rings (SSSR count). The van der Waals surface area contributed by atoms with Crippen LogP contribution in [0, 0.1) is 0 Å². The fraction of sp³-hybridized carbons (Fsp3) is 0.333. The maximum Gasteiger partial charge on any atom is 0.161 e. The highest BCUT2D eigenvalue weighted by atomic mass is 35.5. The Balaban J connectivity index is 2.06. The number of ether oxygens (including phenoxy) is 2. The van der Waals surface area contributed by atoms with Crippen LogP contribution in [0.2, 0.25) is 0 Å². The first-order valence-electron chi connectivity index (χ1n) is 6.20. The molecule has 0 aliphatic heterocycles. The number of benzene rings is 1. The average Bonchev–Trinajstić information content (AvgIpc) is 2.92. The lowest BCUT2D eigenvalue weighted by molar-refractivity contribution is 0.287.